The standard InChI is InChI=1S/C20H28N6O2S/c1-2-3-15-12-23-20(29-15)25-17-4-7-22-18(24-17)14-5-9-26(10-6-14)19(27)16-13-28-11-8-21-16/h4,7,12,14,16,21H,2-3,5-6,8-11,13H2,1H3,(H,22,23,24,25). The van der Waals surface area contributed by atoms with Crippen LogP contribution in [0.2, 0.25) is 0 Å². The van der Waals surface area contributed by atoms with Crippen LogP contribution >= 0.6 is 11.3 Å². The molecule has 1 unspecified atom stereocenters. The predicted molar refractivity (Wildman–Crippen MR) is 113 cm³/mol. The van der Waals surface area contributed by atoms with Gasteiger partial charge in [0, 0.05) is 42.8 Å². The number of piperidine rings is 1. The second kappa shape index (κ2) is 9.60. The molecule has 1 atom stereocenters. The zero-order valence-corrected chi connectivity index (χ0v) is 17.6. The van der Waals surface area contributed by atoms with Crippen LogP contribution in [0.25, 0.3) is 0 Å². The Kier molecular flexibility index (Phi) is 6.68. The van der Waals surface area contributed by atoms with Gasteiger partial charge in [-0.1, -0.05) is 13.3 Å². The number of carbonyl (C=O) groups is 1. The second-order valence-corrected chi connectivity index (χ2v) is 8.60. The van der Waals surface area contributed by atoms with Gasteiger partial charge in [-0.3, -0.25) is 4.79 Å². The van der Waals surface area contributed by atoms with Crippen molar-refractivity contribution in [1.29, 1.82) is 0 Å². The molecule has 4 heterocycles. The largest absolute Gasteiger partial charge is 0.378 e. The molecule has 2 saturated heterocycles. The number of nitrogens with one attached hydrogen (secondary N) is 2. The fraction of sp³-hybridized carbons (Fsp3) is 0.600. The van der Waals surface area contributed by atoms with Gasteiger partial charge in [0.15, 0.2) is 5.13 Å². The van der Waals surface area contributed by atoms with Crippen LogP contribution in [0.3, 0.4) is 0 Å². The van der Waals surface area contributed by atoms with E-state index < -0.39 is 0 Å². The summed E-state index contributed by atoms with van der Waals surface area (Å²) in [4.78, 5) is 29.5. The Morgan fingerprint density at radius 3 is 3.00 bits per heavy atom. The number of carbonyl (C=O) groups excluding carboxylic acids is 1. The van der Waals surface area contributed by atoms with Crippen molar-refractivity contribution in [3.63, 3.8) is 0 Å². The van der Waals surface area contributed by atoms with Crippen LogP contribution in [0.5, 0.6) is 0 Å². The lowest BCUT2D eigenvalue weighted by Crippen LogP contribution is -2.54. The lowest BCUT2D eigenvalue weighted by Gasteiger charge is -2.35. The zero-order valence-electron chi connectivity index (χ0n) is 16.8. The van der Waals surface area contributed by atoms with E-state index in [1.807, 2.05) is 17.2 Å². The van der Waals surface area contributed by atoms with Crippen LogP contribution in [0.15, 0.2) is 18.5 Å². The van der Waals surface area contributed by atoms with Gasteiger partial charge in [0.05, 0.1) is 13.2 Å². The summed E-state index contributed by atoms with van der Waals surface area (Å²) in [7, 11) is 0. The molecule has 29 heavy (non-hydrogen) atoms. The second-order valence-electron chi connectivity index (χ2n) is 7.49. The number of hydrogen-bond donors (Lipinski definition) is 2. The summed E-state index contributed by atoms with van der Waals surface area (Å²) in [6.45, 7) is 5.51. The SMILES string of the molecule is CCCc1cnc(Nc2ccnc(C3CCN(C(=O)C4COCCN4)CC3)n2)s1. The van der Waals surface area contributed by atoms with Crippen molar-refractivity contribution in [3.05, 3.63) is 29.2 Å². The highest BCUT2D eigenvalue weighted by molar-refractivity contribution is 7.15. The Hall–Kier alpha value is -2.10. The molecule has 2 aliphatic rings. The number of ether oxygens (including phenoxy) is 1. The van der Waals surface area contributed by atoms with Gasteiger partial charge in [-0.25, -0.2) is 15.0 Å². The smallest absolute Gasteiger partial charge is 0.242 e. The third-order valence-corrected chi connectivity index (χ3v) is 6.32. The van der Waals surface area contributed by atoms with Gasteiger partial charge in [0.1, 0.15) is 17.7 Å². The maximum atomic E-state index is 12.6. The lowest BCUT2D eigenvalue weighted by molar-refractivity contribution is -0.137. The quantitative estimate of drug-likeness (QED) is 0.747. The van der Waals surface area contributed by atoms with E-state index in [-0.39, 0.29) is 17.9 Å². The molecule has 9 heteroatoms. The number of likely N-dealkylation sites (tertiary alicyclic amines) is 1. The topological polar surface area (TPSA) is 92.3 Å². The molecule has 0 radical (unpaired) electrons. The van der Waals surface area contributed by atoms with Gasteiger partial charge < -0.3 is 20.3 Å². The highest BCUT2D eigenvalue weighted by Gasteiger charge is 2.30. The van der Waals surface area contributed by atoms with Gasteiger partial charge in [-0.15, -0.1) is 11.3 Å². The molecule has 2 aliphatic heterocycles. The Labute approximate surface area is 175 Å². The van der Waals surface area contributed by atoms with Crippen molar-refractivity contribution in [2.24, 2.45) is 0 Å². The van der Waals surface area contributed by atoms with E-state index in [9.17, 15) is 4.79 Å². The van der Waals surface area contributed by atoms with E-state index in [2.05, 4.69) is 27.5 Å². The minimum absolute atomic E-state index is 0.145. The first kappa shape index (κ1) is 20.2. The molecular weight excluding hydrogens is 388 g/mol. The van der Waals surface area contributed by atoms with Crippen molar-refractivity contribution in [2.45, 2.75) is 44.6 Å². The summed E-state index contributed by atoms with van der Waals surface area (Å²) in [5.41, 5.74) is 0. The first-order valence-corrected chi connectivity index (χ1v) is 11.2. The molecule has 2 fully saturated rings. The first-order chi connectivity index (χ1) is 14.2. The van der Waals surface area contributed by atoms with Crippen LogP contribution in [0, 0.1) is 0 Å². The summed E-state index contributed by atoms with van der Waals surface area (Å²) < 4.78 is 5.42. The average Bonchev–Trinajstić information content (AvgIpc) is 3.21. The summed E-state index contributed by atoms with van der Waals surface area (Å²) in [6.07, 6.45) is 7.64. The average molecular weight is 417 g/mol. The number of anilines is 2. The first-order valence-electron chi connectivity index (χ1n) is 10.4. The van der Waals surface area contributed by atoms with Crippen molar-refractivity contribution in [1.82, 2.24) is 25.2 Å². The van der Waals surface area contributed by atoms with Gasteiger partial charge in [-0.05, 0) is 25.3 Å². The van der Waals surface area contributed by atoms with Crippen molar-refractivity contribution in [3.8, 4) is 0 Å². The summed E-state index contributed by atoms with van der Waals surface area (Å²) in [6, 6.07) is 1.66. The maximum Gasteiger partial charge on any atom is 0.242 e. The molecule has 2 N–H and O–H groups in total. The third kappa shape index (κ3) is 5.09. The monoisotopic (exact) mass is 416 g/mol. The molecular formula is C20H28N6O2S. The number of amides is 1. The molecule has 2 aromatic rings. The highest BCUT2D eigenvalue weighted by atomic mass is 32.1. The van der Waals surface area contributed by atoms with Crippen molar-refractivity contribution < 1.29 is 9.53 Å². The Bertz CT molecular complexity index is 815. The number of nitrogens with zero attached hydrogens (tertiary/aromatic N) is 4. The molecule has 0 aliphatic carbocycles. The summed E-state index contributed by atoms with van der Waals surface area (Å²) in [5.74, 6) is 2.02. The van der Waals surface area contributed by atoms with E-state index in [1.165, 1.54) is 4.88 Å². The normalized spacial score (nSPS) is 20.6. The number of aromatic nitrogens is 3. The van der Waals surface area contributed by atoms with Gasteiger partial charge in [-0.2, -0.15) is 0 Å². The van der Waals surface area contributed by atoms with Crippen LogP contribution in [-0.2, 0) is 16.0 Å². The molecule has 8 nitrogen and oxygen atoms in total. The number of aryl methyl sites for hydroxylation is 1. The molecule has 156 valence electrons. The lowest BCUT2D eigenvalue weighted by atomic mass is 9.95. The molecule has 0 saturated carbocycles. The van der Waals surface area contributed by atoms with Crippen molar-refractivity contribution in [2.75, 3.05) is 38.2 Å². The van der Waals surface area contributed by atoms with Crippen molar-refractivity contribution >= 4 is 28.2 Å². The van der Waals surface area contributed by atoms with E-state index in [4.69, 9.17) is 9.72 Å². The number of thiazole rings is 1. The minimum atomic E-state index is -0.208. The molecule has 0 aromatic carbocycles. The fourth-order valence-electron chi connectivity index (χ4n) is 3.78. The predicted octanol–water partition coefficient (Wildman–Crippen LogP) is 2.32. The summed E-state index contributed by atoms with van der Waals surface area (Å²) in [5, 5.41) is 7.41. The van der Waals surface area contributed by atoms with E-state index >= 15 is 0 Å². The van der Waals surface area contributed by atoms with Gasteiger partial charge in [0.2, 0.25) is 5.91 Å². The van der Waals surface area contributed by atoms with E-state index in [0.717, 1.165) is 62.1 Å². The Morgan fingerprint density at radius 2 is 2.24 bits per heavy atom. The van der Waals surface area contributed by atoms with Gasteiger partial charge >= 0.3 is 0 Å². The number of hydrogen-bond acceptors (Lipinski definition) is 8. The summed E-state index contributed by atoms with van der Waals surface area (Å²) >= 11 is 1.67. The molecule has 4 rings (SSSR count). The molecule has 0 bridgehead atoms. The van der Waals surface area contributed by atoms with E-state index in [1.54, 1.807) is 17.5 Å². The molecule has 1 amide bonds. The fourth-order valence-corrected chi connectivity index (χ4v) is 4.70. The number of rotatable bonds is 6. The van der Waals surface area contributed by atoms with Crippen LogP contribution < -0.4 is 10.6 Å². The van der Waals surface area contributed by atoms with Crippen LogP contribution in [-0.4, -0.2) is 64.6 Å². The Balaban J connectivity index is 1.33. The molecule has 2 aromatic heterocycles. The maximum absolute atomic E-state index is 12.6. The van der Waals surface area contributed by atoms with Gasteiger partial charge in [0.25, 0.3) is 0 Å². The number of morpholine rings is 1. The minimum Gasteiger partial charge on any atom is -0.378 e. The third-order valence-electron chi connectivity index (χ3n) is 5.35. The zero-order chi connectivity index (χ0) is 20.1. The highest BCUT2D eigenvalue weighted by Crippen LogP contribution is 2.28. The van der Waals surface area contributed by atoms with E-state index in [0.29, 0.717) is 13.2 Å². The van der Waals surface area contributed by atoms with Crippen LogP contribution in [0.1, 0.15) is 42.8 Å². The Morgan fingerprint density at radius 1 is 1.38 bits per heavy atom. The molecule has 0 spiro atoms. The van der Waals surface area contributed by atoms with Crippen LogP contribution in [0.4, 0.5) is 10.9 Å².